The van der Waals surface area contributed by atoms with Crippen LogP contribution in [0.4, 0.5) is 0 Å². The highest BCUT2D eigenvalue weighted by Crippen LogP contribution is 2.21. The Labute approximate surface area is 116 Å². The average Bonchev–Trinajstić information content (AvgIpc) is 2.50. The van der Waals surface area contributed by atoms with Crippen LogP contribution in [-0.2, 0) is 4.84 Å². The van der Waals surface area contributed by atoms with Gasteiger partial charge in [-0.05, 0) is 30.3 Å². The third kappa shape index (κ3) is 3.35. The second-order valence-corrected chi connectivity index (χ2v) is 3.90. The Balaban J connectivity index is 2.05. The molecule has 0 aromatic heterocycles. The number of aromatic hydroxyl groups is 1. The molecule has 5 heteroatoms. The lowest BCUT2D eigenvalue weighted by Crippen LogP contribution is -2.00. The first-order chi connectivity index (χ1) is 9.70. The van der Waals surface area contributed by atoms with Crippen molar-refractivity contribution in [3.8, 4) is 11.5 Å². The van der Waals surface area contributed by atoms with Crippen LogP contribution < -0.4 is 4.74 Å². The van der Waals surface area contributed by atoms with E-state index < -0.39 is 5.97 Å². The third-order valence-electron chi connectivity index (χ3n) is 2.57. The Hall–Kier alpha value is -2.82. The van der Waals surface area contributed by atoms with Gasteiger partial charge in [-0.25, -0.2) is 4.79 Å². The summed E-state index contributed by atoms with van der Waals surface area (Å²) in [6.07, 6.45) is 1.25. The van der Waals surface area contributed by atoms with Gasteiger partial charge in [-0.1, -0.05) is 23.4 Å². The van der Waals surface area contributed by atoms with Gasteiger partial charge in [-0.15, -0.1) is 0 Å². The zero-order valence-electron chi connectivity index (χ0n) is 10.8. The molecule has 0 radical (unpaired) electrons. The molecule has 0 aliphatic rings. The molecule has 0 heterocycles. The van der Waals surface area contributed by atoms with E-state index in [1.165, 1.54) is 19.4 Å². The highest BCUT2D eigenvalue weighted by molar-refractivity contribution is 5.90. The van der Waals surface area contributed by atoms with Crippen molar-refractivity contribution in [1.82, 2.24) is 0 Å². The van der Waals surface area contributed by atoms with Gasteiger partial charge in [-0.3, -0.25) is 0 Å². The summed E-state index contributed by atoms with van der Waals surface area (Å²) in [5.74, 6) is 0.0215. The number of hydrogen-bond acceptors (Lipinski definition) is 5. The fraction of sp³-hybridized carbons (Fsp3) is 0.0667. The molecule has 0 unspecified atom stereocenters. The average molecular weight is 271 g/mol. The summed E-state index contributed by atoms with van der Waals surface area (Å²) < 4.78 is 5.03. The Morgan fingerprint density at radius 2 is 1.95 bits per heavy atom. The molecule has 0 bridgehead atoms. The molecule has 2 aromatic rings. The number of ether oxygens (including phenoxy) is 1. The maximum atomic E-state index is 11.6. The highest BCUT2D eigenvalue weighted by Gasteiger charge is 2.05. The molecule has 2 aromatic carbocycles. The highest BCUT2D eigenvalue weighted by atomic mass is 16.7. The molecular weight excluding hydrogens is 258 g/mol. The van der Waals surface area contributed by atoms with Gasteiger partial charge in [0.15, 0.2) is 0 Å². The van der Waals surface area contributed by atoms with Gasteiger partial charge in [0.1, 0.15) is 11.5 Å². The SMILES string of the molecule is COc1ccc(O)c(/C=N/OC(=O)c2ccccc2)c1. The van der Waals surface area contributed by atoms with Crippen molar-refractivity contribution in [2.45, 2.75) is 0 Å². The minimum atomic E-state index is -0.566. The van der Waals surface area contributed by atoms with Gasteiger partial charge in [0.05, 0.1) is 18.9 Å². The summed E-state index contributed by atoms with van der Waals surface area (Å²) in [7, 11) is 1.52. The minimum absolute atomic E-state index is 0.0188. The van der Waals surface area contributed by atoms with Gasteiger partial charge in [0.25, 0.3) is 0 Å². The molecule has 0 atom stereocenters. The van der Waals surface area contributed by atoms with E-state index in [9.17, 15) is 9.90 Å². The topological polar surface area (TPSA) is 68.1 Å². The third-order valence-corrected chi connectivity index (χ3v) is 2.57. The maximum absolute atomic E-state index is 11.6. The number of hydrogen-bond donors (Lipinski definition) is 1. The van der Waals surface area contributed by atoms with E-state index in [2.05, 4.69) is 5.16 Å². The van der Waals surface area contributed by atoms with E-state index in [0.717, 1.165) is 0 Å². The van der Waals surface area contributed by atoms with Crippen molar-refractivity contribution in [3.63, 3.8) is 0 Å². The molecule has 2 rings (SSSR count). The van der Waals surface area contributed by atoms with E-state index in [1.807, 2.05) is 0 Å². The van der Waals surface area contributed by atoms with E-state index in [-0.39, 0.29) is 5.75 Å². The number of benzene rings is 2. The molecule has 0 fully saturated rings. The van der Waals surface area contributed by atoms with Crippen LogP contribution in [0, 0.1) is 0 Å². The van der Waals surface area contributed by atoms with Crippen LogP contribution in [0.5, 0.6) is 11.5 Å². The quantitative estimate of drug-likeness (QED) is 0.527. The second kappa shape index (κ2) is 6.38. The summed E-state index contributed by atoms with van der Waals surface area (Å²) in [6, 6.07) is 13.2. The van der Waals surface area contributed by atoms with Gasteiger partial charge >= 0.3 is 5.97 Å². The molecule has 1 N–H and O–H groups in total. The molecule has 0 amide bonds. The Kier molecular flexibility index (Phi) is 4.34. The number of phenolic OH excluding ortho intramolecular Hbond substituents is 1. The van der Waals surface area contributed by atoms with Gasteiger partial charge in [0, 0.05) is 5.56 Å². The summed E-state index contributed by atoms with van der Waals surface area (Å²) in [5.41, 5.74) is 0.796. The minimum Gasteiger partial charge on any atom is -0.507 e. The largest absolute Gasteiger partial charge is 0.507 e. The summed E-state index contributed by atoms with van der Waals surface area (Å²) in [6.45, 7) is 0. The van der Waals surface area contributed by atoms with Crippen LogP contribution in [0.2, 0.25) is 0 Å². The first-order valence-corrected chi connectivity index (χ1v) is 5.87. The lowest BCUT2D eigenvalue weighted by Gasteiger charge is -2.02. The standard InChI is InChI=1S/C15H13NO4/c1-19-13-7-8-14(17)12(9-13)10-16-20-15(18)11-5-3-2-4-6-11/h2-10,17H,1H3/b16-10+. The zero-order valence-corrected chi connectivity index (χ0v) is 10.8. The second-order valence-electron chi connectivity index (χ2n) is 3.90. The van der Waals surface area contributed by atoms with E-state index >= 15 is 0 Å². The Bertz CT molecular complexity index is 623. The van der Waals surface area contributed by atoms with Crippen LogP contribution in [0.15, 0.2) is 53.7 Å². The molecule has 102 valence electrons. The van der Waals surface area contributed by atoms with Gasteiger partial charge < -0.3 is 14.7 Å². The summed E-state index contributed by atoms with van der Waals surface area (Å²) >= 11 is 0. The molecular formula is C15H13NO4. The van der Waals surface area contributed by atoms with Crippen LogP contribution in [0.1, 0.15) is 15.9 Å². The first kappa shape index (κ1) is 13.6. The van der Waals surface area contributed by atoms with Crippen LogP contribution in [0.3, 0.4) is 0 Å². The number of carbonyl (C=O) groups is 1. The van der Waals surface area contributed by atoms with Crippen LogP contribution in [0.25, 0.3) is 0 Å². The normalized spacial score (nSPS) is 10.4. The predicted octanol–water partition coefficient (Wildman–Crippen LogP) is 2.59. The Morgan fingerprint density at radius 1 is 1.20 bits per heavy atom. The summed E-state index contributed by atoms with van der Waals surface area (Å²) in [5, 5.41) is 13.2. The van der Waals surface area contributed by atoms with Crippen molar-refractivity contribution >= 4 is 12.2 Å². The number of rotatable bonds is 4. The van der Waals surface area contributed by atoms with E-state index in [0.29, 0.717) is 16.9 Å². The fourth-order valence-corrected chi connectivity index (χ4v) is 1.52. The van der Waals surface area contributed by atoms with Crippen molar-refractivity contribution in [2.75, 3.05) is 7.11 Å². The van der Waals surface area contributed by atoms with Crippen LogP contribution >= 0.6 is 0 Å². The van der Waals surface area contributed by atoms with Crippen molar-refractivity contribution < 1.29 is 19.5 Å². The monoisotopic (exact) mass is 271 g/mol. The molecule has 0 aliphatic carbocycles. The molecule has 0 saturated carbocycles. The van der Waals surface area contributed by atoms with Gasteiger partial charge in [0.2, 0.25) is 0 Å². The zero-order chi connectivity index (χ0) is 14.4. The van der Waals surface area contributed by atoms with Gasteiger partial charge in [-0.2, -0.15) is 0 Å². The summed E-state index contributed by atoms with van der Waals surface area (Å²) in [4.78, 5) is 16.4. The number of oxime groups is 1. The smallest absolute Gasteiger partial charge is 0.365 e. The van der Waals surface area contributed by atoms with Crippen molar-refractivity contribution in [3.05, 3.63) is 59.7 Å². The number of nitrogens with zero attached hydrogens (tertiary/aromatic N) is 1. The molecule has 0 spiro atoms. The number of phenols is 1. The lowest BCUT2D eigenvalue weighted by atomic mass is 10.2. The molecule has 5 nitrogen and oxygen atoms in total. The lowest BCUT2D eigenvalue weighted by molar-refractivity contribution is 0.0519. The maximum Gasteiger partial charge on any atom is 0.365 e. The van der Waals surface area contributed by atoms with E-state index in [1.54, 1.807) is 42.5 Å². The molecule has 0 saturated heterocycles. The van der Waals surface area contributed by atoms with Crippen molar-refractivity contribution in [2.24, 2.45) is 5.16 Å². The van der Waals surface area contributed by atoms with Crippen LogP contribution in [-0.4, -0.2) is 24.4 Å². The Morgan fingerprint density at radius 3 is 2.65 bits per heavy atom. The molecule has 0 aliphatic heterocycles. The number of carbonyl (C=O) groups excluding carboxylic acids is 1. The van der Waals surface area contributed by atoms with E-state index in [4.69, 9.17) is 9.57 Å². The van der Waals surface area contributed by atoms with Crippen molar-refractivity contribution in [1.29, 1.82) is 0 Å². The first-order valence-electron chi connectivity index (χ1n) is 5.87. The fourth-order valence-electron chi connectivity index (χ4n) is 1.52. The number of methoxy groups -OCH3 is 1. The predicted molar refractivity (Wildman–Crippen MR) is 74.1 cm³/mol. The molecule has 20 heavy (non-hydrogen) atoms.